The Kier molecular flexibility index (Phi) is 3.14. The maximum Gasteiger partial charge on any atom is 0.281 e. The van der Waals surface area contributed by atoms with Gasteiger partial charge in [-0.3, -0.25) is 14.4 Å². The summed E-state index contributed by atoms with van der Waals surface area (Å²) in [6, 6.07) is 11.5. The van der Waals surface area contributed by atoms with Gasteiger partial charge in [-0.1, -0.05) is 12.1 Å². The highest BCUT2D eigenvalue weighted by molar-refractivity contribution is 7.00. The third kappa shape index (κ3) is 2.00. The molecule has 3 amide bonds. The number of imide groups is 1. The predicted octanol–water partition coefficient (Wildman–Crippen LogP) is 2.26. The molecule has 0 atom stereocenters. The fraction of sp³-hybridized carbons (Fsp3) is 0.0625. The Morgan fingerprint density at radius 1 is 1.00 bits per heavy atom. The van der Waals surface area contributed by atoms with Crippen LogP contribution < -0.4 is 5.01 Å². The second-order valence-corrected chi connectivity index (χ2v) is 5.76. The molecule has 1 aliphatic rings. The van der Waals surface area contributed by atoms with Crippen molar-refractivity contribution in [2.45, 2.75) is 6.92 Å². The molecule has 4 rings (SSSR count). The van der Waals surface area contributed by atoms with Gasteiger partial charge in [0.1, 0.15) is 11.0 Å². The zero-order chi connectivity index (χ0) is 16.8. The van der Waals surface area contributed by atoms with Crippen LogP contribution in [0.3, 0.4) is 0 Å². The number of hydrazine groups is 1. The molecule has 1 aliphatic heterocycles. The van der Waals surface area contributed by atoms with E-state index in [9.17, 15) is 14.4 Å². The van der Waals surface area contributed by atoms with Crippen molar-refractivity contribution in [3.63, 3.8) is 0 Å². The molecule has 1 aromatic heterocycles. The van der Waals surface area contributed by atoms with E-state index < -0.39 is 17.7 Å². The number of rotatable bonds is 2. The van der Waals surface area contributed by atoms with Crippen molar-refractivity contribution in [2.75, 3.05) is 5.01 Å². The molecule has 0 unspecified atom stereocenters. The van der Waals surface area contributed by atoms with Crippen LogP contribution in [0.15, 0.2) is 42.5 Å². The van der Waals surface area contributed by atoms with Crippen LogP contribution in [-0.4, -0.2) is 31.5 Å². The molecule has 7 nitrogen and oxygen atoms in total. The van der Waals surface area contributed by atoms with Gasteiger partial charge in [0.15, 0.2) is 0 Å². The van der Waals surface area contributed by atoms with E-state index in [0.29, 0.717) is 16.7 Å². The van der Waals surface area contributed by atoms with Crippen LogP contribution in [0.5, 0.6) is 0 Å². The highest BCUT2D eigenvalue weighted by Crippen LogP contribution is 2.29. The molecule has 2 heterocycles. The molecule has 3 aromatic rings. The van der Waals surface area contributed by atoms with Gasteiger partial charge in [-0.15, -0.1) is 0 Å². The van der Waals surface area contributed by atoms with Crippen molar-refractivity contribution in [2.24, 2.45) is 0 Å². The van der Waals surface area contributed by atoms with Crippen molar-refractivity contribution >= 4 is 46.2 Å². The smallest absolute Gasteiger partial charge is 0.273 e. The number of carbonyl (C=O) groups excluding carboxylic acids is 3. The van der Waals surface area contributed by atoms with Gasteiger partial charge in [-0.2, -0.15) is 13.8 Å². The van der Waals surface area contributed by atoms with E-state index in [1.807, 2.05) is 0 Å². The summed E-state index contributed by atoms with van der Waals surface area (Å²) in [5.74, 6) is -1.50. The van der Waals surface area contributed by atoms with Gasteiger partial charge in [0.2, 0.25) is 5.91 Å². The number of anilines is 1. The summed E-state index contributed by atoms with van der Waals surface area (Å²) in [7, 11) is 0. The molecule has 24 heavy (non-hydrogen) atoms. The summed E-state index contributed by atoms with van der Waals surface area (Å²) < 4.78 is 8.23. The molecular formula is C16H10N4O3S. The van der Waals surface area contributed by atoms with Crippen molar-refractivity contribution in [3.8, 4) is 0 Å². The zero-order valence-corrected chi connectivity index (χ0v) is 13.3. The van der Waals surface area contributed by atoms with Crippen LogP contribution in [0, 0.1) is 0 Å². The Morgan fingerprint density at radius 2 is 1.62 bits per heavy atom. The Morgan fingerprint density at radius 3 is 2.25 bits per heavy atom. The SMILES string of the molecule is CC(=O)N(c1ccc2nsnc2c1)N1C(=O)c2ccccc2C1=O. The van der Waals surface area contributed by atoms with Crippen molar-refractivity contribution < 1.29 is 14.4 Å². The summed E-state index contributed by atoms with van der Waals surface area (Å²) in [5.41, 5.74) is 2.24. The minimum absolute atomic E-state index is 0.283. The molecule has 0 fully saturated rings. The second kappa shape index (κ2) is 5.20. The maximum atomic E-state index is 12.6. The molecule has 0 saturated heterocycles. The lowest BCUT2D eigenvalue weighted by Gasteiger charge is -2.28. The number of fused-ring (bicyclic) bond motifs is 2. The van der Waals surface area contributed by atoms with Crippen LogP contribution in [-0.2, 0) is 4.79 Å². The molecule has 0 aliphatic carbocycles. The van der Waals surface area contributed by atoms with Gasteiger partial charge in [0.25, 0.3) is 11.8 Å². The third-order valence-electron chi connectivity index (χ3n) is 3.75. The number of hydrogen-bond donors (Lipinski definition) is 0. The first kappa shape index (κ1) is 14.5. The lowest BCUT2D eigenvalue weighted by Crippen LogP contribution is -2.49. The van der Waals surface area contributed by atoms with Gasteiger partial charge >= 0.3 is 0 Å². The average Bonchev–Trinajstić information content (AvgIpc) is 3.13. The lowest BCUT2D eigenvalue weighted by molar-refractivity contribution is -0.118. The maximum absolute atomic E-state index is 12.6. The Balaban J connectivity index is 1.84. The van der Waals surface area contributed by atoms with Crippen molar-refractivity contribution in [1.29, 1.82) is 0 Å². The average molecular weight is 338 g/mol. The van der Waals surface area contributed by atoms with E-state index in [4.69, 9.17) is 0 Å². The van der Waals surface area contributed by atoms with Crippen molar-refractivity contribution in [3.05, 3.63) is 53.6 Å². The lowest BCUT2D eigenvalue weighted by atomic mass is 10.1. The molecule has 8 heteroatoms. The monoisotopic (exact) mass is 338 g/mol. The summed E-state index contributed by atoms with van der Waals surface area (Å²) in [6.07, 6.45) is 0. The third-order valence-corrected chi connectivity index (χ3v) is 4.31. The molecular weight excluding hydrogens is 328 g/mol. The summed E-state index contributed by atoms with van der Waals surface area (Å²) in [5, 5.41) is 1.94. The van der Waals surface area contributed by atoms with Gasteiger partial charge in [0.05, 0.1) is 28.5 Å². The minimum Gasteiger partial charge on any atom is -0.273 e. The Bertz CT molecular complexity index is 978. The standard InChI is InChI=1S/C16H10N4O3S/c1-9(21)19(10-6-7-13-14(8-10)18-24-17-13)20-15(22)11-4-2-3-5-12(11)16(20)23/h2-8H,1H3. The Hall–Kier alpha value is -3.13. The number of amides is 3. The van der Waals surface area contributed by atoms with E-state index in [0.717, 1.165) is 21.7 Å². The first-order valence-corrected chi connectivity index (χ1v) is 7.81. The molecule has 2 aromatic carbocycles. The largest absolute Gasteiger partial charge is 0.281 e. The van der Waals surface area contributed by atoms with Crippen LogP contribution in [0.1, 0.15) is 27.6 Å². The number of hydrogen-bond acceptors (Lipinski definition) is 6. The van der Waals surface area contributed by atoms with Gasteiger partial charge < -0.3 is 0 Å². The highest BCUT2D eigenvalue weighted by Gasteiger charge is 2.41. The van der Waals surface area contributed by atoms with Gasteiger partial charge in [-0.25, -0.2) is 5.01 Å². The fourth-order valence-electron chi connectivity index (χ4n) is 2.70. The van der Waals surface area contributed by atoms with Crippen LogP contribution in [0.2, 0.25) is 0 Å². The number of carbonyl (C=O) groups is 3. The molecule has 0 N–H and O–H groups in total. The normalized spacial score (nSPS) is 13.5. The molecule has 0 bridgehead atoms. The summed E-state index contributed by atoms with van der Waals surface area (Å²) >= 11 is 1.05. The van der Waals surface area contributed by atoms with E-state index in [1.54, 1.807) is 42.5 Å². The van der Waals surface area contributed by atoms with E-state index in [1.165, 1.54) is 6.92 Å². The van der Waals surface area contributed by atoms with E-state index >= 15 is 0 Å². The molecule has 0 saturated carbocycles. The number of nitrogens with zero attached hydrogens (tertiary/aromatic N) is 4. The highest BCUT2D eigenvalue weighted by atomic mass is 32.1. The first-order chi connectivity index (χ1) is 11.6. The van der Waals surface area contributed by atoms with E-state index in [2.05, 4.69) is 8.75 Å². The molecule has 0 spiro atoms. The number of benzene rings is 2. The van der Waals surface area contributed by atoms with E-state index in [-0.39, 0.29) is 11.1 Å². The summed E-state index contributed by atoms with van der Waals surface area (Å²) in [4.78, 5) is 37.4. The van der Waals surface area contributed by atoms with Gasteiger partial charge in [-0.05, 0) is 30.3 Å². The molecule has 118 valence electrons. The van der Waals surface area contributed by atoms with Crippen molar-refractivity contribution in [1.82, 2.24) is 13.8 Å². The quantitative estimate of drug-likeness (QED) is 0.669. The van der Waals surface area contributed by atoms with Crippen LogP contribution >= 0.6 is 11.7 Å². The Labute approximate surface area is 140 Å². The summed E-state index contributed by atoms with van der Waals surface area (Å²) in [6.45, 7) is 1.30. The predicted molar refractivity (Wildman–Crippen MR) is 87.5 cm³/mol. The molecule has 0 radical (unpaired) electrons. The van der Waals surface area contributed by atoms with Crippen LogP contribution in [0.25, 0.3) is 11.0 Å². The zero-order valence-electron chi connectivity index (χ0n) is 12.5. The second-order valence-electron chi connectivity index (χ2n) is 5.24. The number of aromatic nitrogens is 2. The minimum atomic E-state index is -0.526. The first-order valence-electron chi connectivity index (χ1n) is 7.08. The van der Waals surface area contributed by atoms with Crippen LogP contribution in [0.4, 0.5) is 5.69 Å². The topological polar surface area (TPSA) is 83.5 Å². The fourth-order valence-corrected chi connectivity index (χ4v) is 3.22. The van der Waals surface area contributed by atoms with Gasteiger partial charge in [0, 0.05) is 6.92 Å².